The van der Waals surface area contributed by atoms with Crippen LogP contribution in [0.4, 0.5) is 5.69 Å². The Morgan fingerprint density at radius 2 is 1.84 bits per heavy atom. The maximum Gasteiger partial charge on any atom is 0.241 e. The summed E-state index contributed by atoms with van der Waals surface area (Å²) in [6, 6.07) is 8.09. The van der Waals surface area contributed by atoms with Gasteiger partial charge in [-0.3, -0.25) is 4.79 Å². The zero-order valence-corrected chi connectivity index (χ0v) is 12.5. The van der Waals surface area contributed by atoms with Crippen molar-refractivity contribution < 1.29 is 4.79 Å². The first kappa shape index (κ1) is 15.4. The molecule has 0 aliphatic carbocycles. The van der Waals surface area contributed by atoms with Crippen molar-refractivity contribution in [2.24, 2.45) is 5.73 Å². The van der Waals surface area contributed by atoms with Gasteiger partial charge >= 0.3 is 0 Å². The number of rotatable bonds is 6. The lowest BCUT2D eigenvalue weighted by Gasteiger charge is -2.23. The zero-order valence-electron chi connectivity index (χ0n) is 11.7. The van der Waals surface area contributed by atoms with Gasteiger partial charge in [-0.25, -0.2) is 0 Å². The molecule has 0 aliphatic heterocycles. The van der Waals surface area contributed by atoms with Crippen LogP contribution in [0.2, 0.25) is 0 Å². The van der Waals surface area contributed by atoms with E-state index in [0.29, 0.717) is 24.5 Å². The second-order valence-electron chi connectivity index (χ2n) is 4.72. The molecule has 0 radical (unpaired) electrons. The van der Waals surface area contributed by atoms with Gasteiger partial charge in [0, 0.05) is 32.7 Å². The lowest BCUT2D eigenvalue weighted by atomic mass is 10.2. The Morgan fingerprint density at radius 1 is 1.26 bits per heavy atom. The summed E-state index contributed by atoms with van der Waals surface area (Å²) < 4.78 is 0. The average molecular weight is 279 g/mol. The number of likely N-dealkylation sites (N-methyl/N-ethyl adjacent to an activating group) is 2. The molecule has 0 heterocycles. The summed E-state index contributed by atoms with van der Waals surface area (Å²) in [6.07, 6.45) is 0.561. The van der Waals surface area contributed by atoms with Crippen molar-refractivity contribution in [1.82, 2.24) is 4.90 Å². The molecular formula is C14H21N3OS. The summed E-state index contributed by atoms with van der Waals surface area (Å²) in [5.41, 5.74) is 7.67. The molecule has 1 aromatic carbocycles. The fraction of sp³-hybridized carbons (Fsp3) is 0.429. The van der Waals surface area contributed by atoms with E-state index in [1.807, 2.05) is 43.1 Å². The summed E-state index contributed by atoms with van der Waals surface area (Å²) in [5, 5.41) is 0. The van der Waals surface area contributed by atoms with E-state index in [1.54, 1.807) is 11.9 Å². The molecule has 1 amide bonds. The van der Waals surface area contributed by atoms with Gasteiger partial charge in [0.25, 0.3) is 0 Å². The Balaban J connectivity index is 2.51. The van der Waals surface area contributed by atoms with Gasteiger partial charge in [-0.2, -0.15) is 0 Å². The Hall–Kier alpha value is -1.62. The third-order valence-electron chi connectivity index (χ3n) is 2.97. The number of hydrogen-bond acceptors (Lipinski definition) is 3. The van der Waals surface area contributed by atoms with Gasteiger partial charge in [0.15, 0.2) is 0 Å². The lowest BCUT2D eigenvalue weighted by Crippen LogP contribution is -2.38. The van der Waals surface area contributed by atoms with Crippen molar-refractivity contribution in [2.45, 2.75) is 13.3 Å². The van der Waals surface area contributed by atoms with E-state index < -0.39 is 0 Å². The van der Waals surface area contributed by atoms with Crippen LogP contribution in [0.1, 0.15) is 12.0 Å². The Bertz CT molecular complexity index is 445. The van der Waals surface area contributed by atoms with Crippen molar-refractivity contribution >= 4 is 28.8 Å². The van der Waals surface area contributed by atoms with E-state index in [2.05, 4.69) is 0 Å². The molecule has 0 bridgehead atoms. The number of thiocarbonyl (C=S) groups is 1. The minimum absolute atomic E-state index is 0.0549. The van der Waals surface area contributed by atoms with E-state index in [9.17, 15) is 4.79 Å². The van der Waals surface area contributed by atoms with E-state index >= 15 is 0 Å². The minimum atomic E-state index is 0.0549. The fourth-order valence-corrected chi connectivity index (χ4v) is 1.71. The van der Waals surface area contributed by atoms with E-state index in [-0.39, 0.29) is 5.91 Å². The van der Waals surface area contributed by atoms with Crippen LogP contribution < -0.4 is 10.6 Å². The quantitative estimate of drug-likeness (QED) is 0.803. The van der Waals surface area contributed by atoms with Gasteiger partial charge in [-0.15, -0.1) is 0 Å². The highest BCUT2D eigenvalue weighted by Gasteiger charge is 2.12. The number of anilines is 1. The second-order valence-corrected chi connectivity index (χ2v) is 5.25. The number of amides is 1. The summed E-state index contributed by atoms with van der Waals surface area (Å²) in [6.45, 7) is 2.95. The summed E-state index contributed by atoms with van der Waals surface area (Å²) in [4.78, 5) is 16.0. The summed E-state index contributed by atoms with van der Waals surface area (Å²) in [7, 11) is 3.67. The minimum Gasteiger partial charge on any atom is -0.393 e. The Morgan fingerprint density at radius 3 is 2.37 bits per heavy atom. The van der Waals surface area contributed by atoms with Gasteiger partial charge in [0.2, 0.25) is 5.91 Å². The first-order valence-corrected chi connectivity index (χ1v) is 6.61. The standard InChI is InChI=1S/C14H21N3OS/c1-11-4-6-12(7-5-11)17(3)10-14(18)16(2)9-8-13(15)19/h4-7H,8-10H2,1-3H3,(H2,15,19). The van der Waals surface area contributed by atoms with Gasteiger partial charge < -0.3 is 15.5 Å². The third kappa shape index (κ3) is 5.26. The van der Waals surface area contributed by atoms with E-state index in [1.165, 1.54) is 5.56 Å². The van der Waals surface area contributed by atoms with Gasteiger partial charge in [0.05, 0.1) is 11.5 Å². The molecule has 0 unspecified atom stereocenters. The molecule has 0 fully saturated rings. The van der Waals surface area contributed by atoms with Crippen LogP contribution in [-0.4, -0.2) is 43.0 Å². The van der Waals surface area contributed by atoms with Crippen LogP contribution in [0.15, 0.2) is 24.3 Å². The molecule has 19 heavy (non-hydrogen) atoms. The largest absolute Gasteiger partial charge is 0.393 e. The van der Waals surface area contributed by atoms with Gasteiger partial charge in [0.1, 0.15) is 0 Å². The molecule has 0 saturated carbocycles. The molecule has 5 heteroatoms. The van der Waals surface area contributed by atoms with Gasteiger partial charge in [-0.1, -0.05) is 29.9 Å². The smallest absolute Gasteiger partial charge is 0.241 e. The number of carbonyl (C=O) groups excluding carboxylic acids is 1. The van der Waals surface area contributed by atoms with Crippen LogP contribution in [-0.2, 0) is 4.79 Å². The average Bonchev–Trinajstić information content (AvgIpc) is 2.36. The number of hydrogen-bond donors (Lipinski definition) is 1. The van der Waals surface area contributed by atoms with Crippen molar-refractivity contribution in [2.75, 3.05) is 32.1 Å². The predicted molar refractivity (Wildman–Crippen MR) is 83.5 cm³/mol. The fourth-order valence-electron chi connectivity index (χ4n) is 1.62. The molecular weight excluding hydrogens is 258 g/mol. The Kier molecular flexibility index (Phi) is 5.76. The SMILES string of the molecule is Cc1ccc(N(C)CC(=O)N(C)CCC(N)=S)cc1. The normalized spacial score (nSPS) is 10.1. The molecule has 0 spiro atoms. The molecule has 0 atom stereocenters. The first-order valence-electron chi connectivity index (χ1n) is 6.20. The van der Waals surface area contributed by atoms with Crippen LogP contribution >= 0.6 is 12.2 Å². The zero-order chi connectivity index (χ0) is 14.4. The molecule has 1 aromatic rings. The number of aryl methyl sites for hydroxylation is 1. The lowest BCUT2D eigenvalue weighted by molar-refractivity contribution is -0.128. The number of carbonyl (C=O) groups is 1. The summed E-state index contributed by atoms with van der Waals surface area (Å²) >= 11 is 4.81. The Labute approximate surface area is 120 Å². The highest BCUT2D eigenvalue weighted by molar-refractivity contribution is 7.80. The van der Waals surface area contributed by atoms with Crippen molar-refractivity contribution in [1.29, 1.82) is 0 Å². The molecule has 104 valence electrons. The second kappa shape index (κ2) is 7.09. The predicted octanol–water partition coefficient (Wildman–Crippen LogP) is 1.57. The van der Waals surface area contributed by atoms with Crippen LogP contribution in [0.5, 0.6) is 0 Å². The van der Waals surface area contributed by atoms with Crippen molar-refractivity contribution in [3.8, 4) is 0 Å². The highest BCUT2D eigenvalue weighted by Crippen LogP contribution is 2.13. The molecule has 0 aromatic heterocycles. The van der Waals surface area contributed by atoms with Crippen LogP contribution in [0.3, 0.4) is 0 Å². The number of benzene rings is 1. The topological polar surface area (TPSA) is 49.6 Å². The maximum atomic E-state index is 12.0. The molecule has 0 aliphatic rings. The van der Waals surface area contributed by atoms with E-state index in [0.717, 1.165) is 5.69 Å². The highest BCUT2D eigenvalue weighted by atomic mass is 32.1. The first-order chi connectivity index (χ1) is 8.90. The van der Waals surface area contributed by atoms with Gasteiger partial charge in [-0.05, 0) is 19.1 Å². The molecule has 4 nitrogen and oxygen atoms in total. The van der Waals surface area contributed by atoms with Crippen molar-refractivity contribution in [3.05, 3.63) is 29.8 Å². The summed E-state index contributed by atoms with van der Waals surface area (Å²) in [5.74, 6) is 0.0549. The van der Waals surface area contributed by atoms with Crippen LogP contribution in [0, 0.1) is 6.92 Å². The number of nitrogens with two attached hydrogens (primary N) is 1. The van der Waals surface area contributed by atoms with Crippen LogP contribution in [0.25, 0.3) is 0 Å². The van der Waals surface area contributed by atoms with E-state index in [4.69, 9.17) is 18.0 Å². The molecule has 1 rings (SSSR count). The maximum absolute atomic E-state index is 12.0. The number of nitrogens with zero attached hydrogens (tertiary/aromatic N) is 2. The molecule has 2 N–H and O–H groups in total. The molecule has 0 saturated heterocycles. The monoisotopic (exact) mass is 279 g/mol. The van der Waals surface area contributed by atoms with Crippen molar-refractivity contribution in [3.63, 3.8) is 0 Å². The third-order valence-corrected chi connectivity index (χ3v) is 3.17.